The molecule has 0 bridgehead atoms. The van der Waals surface area contributed by atoms with Gasteiger partial charge in [0.2, 0.25) is 0 Å². The number of hydrogen-bond acceptors (Lipinski definition) is 4. The summed E-state index contributed by atoms with van der Waals surface area (Å²) in [6.45, 7) is 1.20. The lowest BCUT2D eigenvalue weighted by molar-refractivity contribution is 0.242. The number of aliphatic hydroxyl groups is 1. The zero-order valence-electron chi connectivity index (χ0n) is 12.5. The standard InChI is InChI=1S/C17H18ClN3O2/c18-14-4-2-13(3-5-14)17(21-9-1-8-20-21)11-19-10-15-6-7-16(12-22)23-15/h1-9,17,19,22H,10-12H2/t17-/m0/s1. The largest absolute Gasteiger partial charge is 0.462 e. The molecule has 0 fully saturated rings. The van der Waals surface area contributed by atoms with E-state index in [0.717, 1.165) is 11.3 Å². The van der Waals surface area contributed by atoms with Crippen LogP contribution >= 0.6 is 11.6 Å². The summed E-state index contributed by atoms with van der Waals surface area (Å²) in [6.07, 6.45) is 3.71. The fourth-order valence-corrected chi connectivity index (χ4v) is 2.57. The van der Waals surface area contributed by atoms with E-state index in [-0.39, 0.29) is 12.6 Å². The van der Waals surface area contributed by atoms with Crippen LogP contribution in [0.1, 0.15) is 23.1 Å². The van der Waals surface area contributed by atoms with Gasteiger partial charge in [0.1, 0.15) is 18.1 Å². The van der Waals surface area contributed by atoms with Gasteiger partial charge in [-0.25, -0.2) is 0 Å². The molecule has 2 N–H and O–H groups in total. The van der Waals surface area contributed by atoms with E-state index >= 15 is 0 Å². The van der Waals surface area contributed by atoms with E-state index < -0.39 is 0 Å². The summed E-state index contributed by atoms with van der Waals surface area (Å²) in [6, 6.07) is 13.4. The van der Waals surface area contributed by atoms with Gasteiger partial charge in [0, 0.05) is 24.0 Å². The zero-order chi connectivity index (χ0) is 16.1. The lowest BCUT2D eigenvalue weighted by atomic mass is 10.1. The third-order valence-corrected chi connectivity index (χ3v) is 3.86. The molecule has 0 aliphatic heterocycles. The molecule has 5 nitrogen and oxygen atoms in total. The van der Waals surface area contributed by atoms with E-state index in [2.05, 4.69) is 10.4 Å². The smallest absolute Gasteiger partial charge is 0.129 e. The number of aliphatic hydroxyl groups excluding tert-OH is 1. The van der Waals surface area contributed by atoms with Crippen LogP contribution in [0.15, 0.2) is 59.3 Å². The average Bonchev–Trinajstić information content (AvgIpc) is 3.24. The Bertz CT molecular complexity index is 723. The third-order valence-electron chi connectivity index (χ3n) is 3.61. The predicted octanol–water partition coefficient (Wildman–Crippen LogP) is 3.00. The number of hydrogen-bond donors (Lipinski definition) is 2. The number of aromatic nitrogens is 2. The van der Waals surface area contributed by atoms with Gasteiger partial charge >= 0.3 is 0 Å². The van der Waals surface area contributed by atoms with Crippen LogP contribution in [0.5, 0.6) is 0 Å². The Balaban J connectivity index is 1.68. The summed E-state index contributed by atoms with van der Waals surface area (Å²) in [7, 11) is 0. The maximum Gasteiger partial charge on any atom is 0.129 e. The second-order valence-electron chi connectivity index (χ2n) is 5.21. The molecule has 3 rings (SSSR count). The highest BCUT2D eigenvalue weighted by molar-refractivity contribution is 6.30. The van der Waals surface area contributed by atoms with Crippen molar-refractivity contribution in [1.29, 1.82) is 0 Å². The van der Waals surface area contributed by atoms with E-state index in [9.17, 15) is 0 Å². The molecule has 3 aromatic rings. The van der Waals surface area contributed by atoms with Crippen molar-refractivity contribution in [2.75, 3.05) is 6.54 Å². The Labute approximate surface area is 139 Å². The van der Waals surface area contributed by atoms with E-state index in [4.69, 9.17) is 21.1 Å². The molecule has 2 heterocycles. The number of halogens is 1. The summed E-state index contributed by atoms with van der Waals surface area (Å²) in [5, 5.41) is 17.5. The van der Waals surface area contributed by atoms with Gasteiger partial charge in [0.25, 0.3) is 0 Å². The molecule has 1 atom stereocenters. The van der Waals surface area contributed by atoms with Crippen molar-refractivity contribution in [2.45, 2.75) is 19.2 Å². The van der Waals surface area contributed by atoms with Crippen molar-refractivity contribution < 1.29 is 9.52 Å². The second-order valence-corrected chi connectivity index (χ2v) is 5.65. The topological polar surface area (TPSA) is 63.2 Å². The molecule has 0 amide bonds. The van der Waals surface area contributed by atoms with Crippen LogP contribution in [-0.2, 0) is 13.2 Å². The van der Waals surface area contributed by atoms with Crippen molar-refractivity contribution in [3.05, 3.63) is 77.0 Å². The lowest BCUT2D eigenvalue weighted by Crippen LogP contribution is -2.26. The average molecular weight is 332 g/mol. The van der Waals surface area contributed by atoms with Gasteiger partial charge in [-0.3, -0.25) is 4.68 Å². The van der Waals surface area contributed by atoms with Gasteiger partial charge < -0.3 is 14.8 Å². The molecule has 2 aromatic heterocycles. The number of rotatable bonds is 7. The maximum atomic E-state index is 9.02. The number of nitrogens with one attached hydrogen (secondary N) is 1. The third kappa shape index (κ3) is 4.01. The first-order valence-electron chi connectivity index (χ1n) is 7.40. The van der Waals surface area contributed by atoms with Crippen molar-refractivity contribution in [2.24, 2.45) is 0 Å². The van der Waals surface area contributed by atoms with Gasteiger partial charge in [0.15, 0.2) is 0 Å². The van der Waals surface area contributed by atoms with E-state index in [1.807, 2.05) is 47.3 Å². The molecule has 1 aromatic carbocycles. The Morgan fingerprint density at radius 2 is 1.96 bits per heavy atom. The maximum absolute atomic E-state index is 9.02. The second kappa shape index (κ2) is 7.46. The first kappa shape index (κ1) is 15.8. The van der Waals surface area contributed by atoms with Crippen molar-refractivity contribution in [3.8, 4) is 0 Å². The molecular weight excluding hydrogens is 314 g/mol. The molecule has 0 aliphatic carbocycles. The van der Waals surface area contributed by atoms with E-state index in [0.29, 0.717) is 23.9 Å². The Morgan fingerprint density at radius 3 is 2.61 bits per heavy atom. The molecule has 0 spiro atoms. The number of nitrogens with zero attached hydrogens (tertiary/aromatic N) is 2. The molecule has 6 heteroatoms. The highest BCUT2D eigenvalue weighted by Gasteiger charge is 2.14. The first-order valence-corrected chi connectivity index (χ1v) is 7.78. The normalized spacial score (nSPS) is 12.4. The van der Waals surface area contributed by atoms with Crippen LogP contribution in [0.4, 0.5) is 0 Å². The van der Waals surface area contributed by atoms with Crippen LogP contribution in [0, 0.1) is 0 Å². The fourth-order valence-electron chi connectivity index (χ4n) is 2.45. The van der Waals surface area contributed by atoms with Gasteiger partial charge in [0.05, 0.1) is 12.6 Å². The zero-order valence-corrected chi connectivity index (χ0v) is 13.3. The monoisotopic (exact) mass is 331 g/mol. The highest BCUT2D eigenvalue weighted by atomic mass is 35.5. The minimum Gasteiger partial charge on any atom is -0.462 e. The SMILES string of the molecule is OCc1ccc(CNC[C@@H](c2ccc(Cl)cc2)n2cccn2)o1. The van der Waals surface area contributed by atoms with Crippen LogP contribution in [0.25, 0.3) is 0 Å². The number of furan rings is 1. The fraction of sp³-hybridized carbons (Fsp3) is 0.235. The minimum atomic E-state index is -0.0827. The van der Waals surface area contributed by atoms with Crippen LogP contribution < -0.4 is 5.32 Å². The van der Waals surface area contributed by atoms with E-state index in [1.165, 1.54) is 0 Å². The minimum absolute atomic E-state index is 0.0644. The van der Waals surface area contributed by atoms with Gasteiger partial charge in [-0.1, -0.05) is 23.7 Å². The van der Waals surface area contributed by atoms with Crippen LogP contribution in [-0.4, -0.2) is 21.4 Å². The van der Waals surface area contributed by atoms with E-state index in [1.54, 1.807) is 12.3 Å². The molecule has 120 valence electrons. The van der Waals surface area contributed by atoms with Gasteiger partial charge in [-0.2, -0.15) is 5.10 Å². The van der Waals surface area contributed by atoms with Crippen LogP contribution in [0.2, 0.25) is 5.02 Å². The molecule has 0 unspecified atom stereocenters. The van der Waals surface area contributed by atoms with Gasteiger partial charge in [-0.15, -0.1) is 0 Å². The summed E-state index contributed by atoms with van der Waals surface area (Å²) in [5.74, 6) is 1.37. The van der Waals surface area contributed by atoms with Crippen molar-refractivity contribution in [1.82, 2.24) is 15.1 Å². The molecular formula is C17H18ClN3O2. The number of benzene rings is 1. The molecule has 0 saturated heterocycles. The summed E-state index contributed by atoms with van der Waals surface area (Å²) in [4.78, 5) is 0. The van der Waals surface area contributed by atoms with Gasteiger partial charge in [-0.05, 0) is 35.9 Å². The summed E-state index contributed by atoms with van der Waals surface area (Å²) >= 11 is 5.97. The first-order chi connectivity index (χ1) is 11.3. The Morgan fingerprint density at radius 1 is 1.17 bits per heavy atom. The summed E-state index contributed by atoms with van der Waals surface area (Å²) in [5.41, 5.74) is 1.13. The predicted molar refractivity (Wildman–Crippen MR) is 88.2 cm³/mol. The van der Waals surface area contributed by atoms with Crippen molar-refractivity contribution in [3.63, 3.8) is 0 Å². The highest BCUT2D eigenvalue weighted by Crippen LogP contribution is 2.19. The molecule has 23 heavy (non-hydrogen) atoms. The Hall–Kier alpha value is -2.08. The molecule has 0 aliphatic rings. The van der Waals surface area contributed by atoms with Crippen LogP contribution in [0.3, 0.4) is 0 Å². The Kier molecular flexibility index (Phi) is 5.12. The lowest BCUT2D eigenvalue weighted by Gasteiger charge is -2.18. The quantitative estimate of drug-likeness (QED) is 0.698. The molecule has 0 saturated carbocycles. The summed E-state index contributed by atoms with van der Waals surface area (Å²) < 4.78 is 7.39. The van der Waals surface area contributed by atoms with Crippen molar-refractivity contribution >= 4 is 11.6 Å². The molecule has 0 radical (unpaired) electrons.